The van der Waals surface area contributed by atoms with E-state index >= 15 is 0 Å². The molecule has 0 saturated carbocycles. The molecule has 1 aromatic carbocycles. The van der Waals surface area contributed by atoms with E-state index in [0.717, 1.165) is 12.8 Å². The standard InChI is InChI=1S/C15H19ClN2O3/c1-9-3-4-10(2)18(8-9)15(21)17-13-7-11(16)5-6-12(13)14(19)20/h5-7,9-10H,3-4,8H2,1-2H3,(H,17,21)(H,19,20). The highest BCUT2D eigenvalue weighted by Gasteiger charge is 2.27. The molecule has 0 spiro atoms. The molecule has 1 aromatic rings. The molecule has 1 fully saturated rings. The van der Waals surface area contributed by atoms with E-state index in [-0.39, 0.29) is 23.3 Å². The molecule has 0 aliphatic carbocycles. The van der Waals surface area contributed by atoms with Crippen molar-refractivity contribution in [3.8, 4) is 0 Å². The van der Waals surface area contributed by atoms with E-state index in [9.17, 15) is 9.59 Å². The predicted octanol–water partition coefficient (Wildman–Crippen LogP) is 3.69. The Labute approximate surface area is 128 Å². The van der Waals surface area contributed by atoms with Gasteiger partial charge in [0.2, 0.25) is 0 Å². The summed E-state index contributed by atoms with van der Waals surface area (Å²) in [6.07, 6.45) is 2.05. The molecule has 21 heavy (non-hydrogen) atoms. The Bertz CT molecular complexity index is 562. The fourth-order valence-corrected chi connectivity index (χ4v) is 2.74. The first-order valence-electron chi connectivity index (χ1n) is 6.99. The van der Waals surface area contributed by atoms with Crippen LogP contribution in [-0.2, 0) is 0 Å². The Morgan fingerprint density at radius 2 is 2.05 bits per heavy atom. The van der Waals surface area contributed by atoms with Gasteiger partial charge in [-0.25, -0.2) is 9.59 Å². The van der Waals surface area contributed by atoms with Crippen molar-refractivity contribution in [1.82, 2.24) is 4.90 Å². The van der Waals surface area contributed by atoms with Crippen molar-refractivity contribution in [2.24, 2.45) is 5.92 Å². The van der Waals surface area contributed by atoms with Crippen LogP contribution >= 0.6 is 11.6 Å². The summed E-state index contributed by atoms with van der Waals surface area (Å²) in [5.74, 6) is -0.646. The number of nitrogens with one attached hydrogen (secondary N) is 1. The second kappa shape index (κ2) is 6.35. The van der Waals surface area contributed by atoms with Gasteiger partial charge in [0.25, 0.3) is 0 Å². The number of hydrogen-bond acceptors (Lipinski definition) is 2. The van der Waals surface area contributed by atoms with Crippen LogP contribution in [0, 0.1) is 5.92 Å². The number of amides is 2. The second-order valence-electron chi connectivity index (χ2n) is 5.61. The Morgan fingerprint density at radius 1 is 1.33 bits per heavy atom. The molecule has 2 unspecified atom stereocenters. The number of aromatic carboxylic acids is 1. The van der Waals surface area contributed by atoms with Crippen LogP contribution in [0.3, 0.4) is 0 Å². The van der Waals surface area contributed by atoms with E-state index in [4.69, 9.17) is 16.7 Å². The number of nitrogens with zero attached hydrogens (tertiary/aromatic N) is 1. The molecule has 0 radical (unpaired) electrons. The molecule has 1 saturated heterocycles. The lowest BCUT2D eigenvalue weighted by atomic mass is 9.95. The number of urea groups is 1. The summed E-state index contributed by atoms with van der Waals surface area (Å²) in [5, 5.41) is 12.2. The van der Waals surface area contributed by atoms with Crippen LogP contribution in [0.2, 0.25) is 5.02 Å². The van der Waals surface area contributed by atoms with Crippen molar-refractivity contribution < 1.29 is 14.7 Å². The molecule has 6 heteroatoms. The normalized spacial score (nSPS) is 22.0. The number of piperidine rings is 1. The molecule has 1 heterocycles. The quantitative estimate of drug-likeness (QED) is 0.875. The van der Waals surface area contributed by atoms with E-state index < -0.39 is 5.97 Å². The van der Waals surface area contributed by atoms with E-state index in [1.54, 1.807) is 4.90 Å². The van der Waals surface area contributed by atoms with Gasteiger partial charge in [0, 0.05) is 17.6 Å². The van der Waals surface area contributed by atoms with Crippen molar-refractivity contribution >= 4 is 29.3 Å². The van der Waals surface area contributed by atoms with Crippen LogP contribution in [0.4, 0.5) is 10.5 Å². The first-order chi connectivity index (χ1) is 9.88. The van der Waals surface area contributed by atoms with Crippen LogP contribution in [-0.4, -0.2) is 34.6 Å². The summed E-state index contributed by atoms with van der Waals surface area (Å²) in [7, 11) is 0. The smallest absolute Gasteiger partial charge is 0.337 e. The summed E-state index contributed by atoms with van der Waals surface area (Å²) < 4.78 is 0. The van der Waals surface area contributed by atoms with Gasteiger partial charge >= 0.3 is 12.0 Å². The molecular formula is C15H19ClN2O3. The fourth-order valence-electron chi connectivity index (χ4n) is 2.57. The molecule has 1 aliphatic heterocycles. The predicted molar refractivity (Wildman–Crippen MR) is 82.0 cm³/mol. The second-order valence-corrected chi connectivity index (χ2v) is 6.05. The van der Waals surface area contributed by atoms with Gasteiger partial charge in [0.15, 0.2) is 0 Å². The van der Waals surface area contributed by atoms with Crippen molar-refractivity contribution in [1.29, 1.82) is 0 Å². The SMILES string of the molecule is CC1CCC(C)N(C(=O)Nc2cc(Cl)ccc2C(=O)O)C1. The lowest BCUT2D eigenvalue weighted by molar-refractivity contribution is 0.0698. The highest BCUT2D eigenvalue weighted by Crippen LogP contribution is 2.25. The number of carboxylic acid groups (broad SMARTS) is 1. The summed E-state index contributed by atoms with van der Waals surface area (Å²) in [4.78, 5) is 25.3. The van der Waals surface area contributed by atoms with Crippen molar-refractivity contribution in [2.45, 2.75) is 32.7 Å². The third kappa shape index (κ3) is 3.67. The Balaban J connectivity index is 2.19. The van der Waals surface area contributed by atoms with E-state index in [1.165, 1.54) is 18.2 Å². The van der Waals surface area contributed by atoms with Gasteiger partial charge in [-0.2, -0.15) is 0 Å². The van der Waals surface area contributed by atoms with Crippen LogP contribution in [0.15, 0.2) is 18.2 Å². The largest absolute Gasteiger partial charge is 0.478 e. The number of carbonyl (C=O) groups is 2. The van der Waals surface area contributed by atoms with Gasteiger partial charge in [0.05, 0.1) is 11.3 Å². The number of rotatable bonds is 2. The zero-order chi connectivity index (χ0) is 15.6. The highest BCUT2D eigenvalue weighted by atomic mass is 35.5. The van der Waals surface area contributed by atoms with E-state index in [2.05, 4.69) is 12.2 Å². The molecule has 0 aromatic heterocycles. The number of halogens is 1. The molecule has 2 N–H and O–H groups in total. The van der Waals surface area contributed by atoms with Crippen molar-refractivity contribution in [3.63, 3.8) is 0 Å². The molecule has 0 bridgehead atoms. The number of carbonyl (C=O) groups excluding carboxylic acids is 1. The molecule has 114 valence electrons. The Hall–Kier alpha value is -1.75. The van der Waals surface area contributed by atoms with Crippen LogP contribution in [0.5, 0.6) is 0 Å². The zero-order valence-corrected chi connectivity index (χ0v) is 12.9. The maximum absolute atomic E-state index is 12.4. The Kier molecular flexibility index (Phi) is 4.73. The minimum absolute atomic E-state index is 0.0328. The molecule has 1 aliphatic rings. The summed E-state index contributed by atoms with van der Waals surface area (Å²) in [5.41, 5.74) is 0.260. The average Bonchev–Trinajstić information content (AvgIpc) is 2.41. The van der Waals surface area contributed by atoms with Crippen molar-refractivity contribution in [3.05, 3.63) is 28.8 Å². The maximum Gasteiger partial charge on any atom is 0.337 e. The lowest BCUT2D eigenvalue weighted by Gasteiger charge is -2.36. The average molecular weight is 311 g/mol. The first-order valence-corrected chi connectivity index (χ1v) is 7.36. The summed E-state index contributed by atoms with van der Waals surface area (Å²) in [6, 6.07) is 4.21. The van der Waals surface area contributed by atoms with Gasteiger partial charge in [-0.15, -0.1) is 0 Å². The van der Waals surface area contributed by atoms with Gasteiger partial charge in [-0.1, -0.05) is 18.5 Å². The zero-order valence-electron chi connectivity index (χ0n) is 12.1. The van der Waals surface area contributed by atoms with Gasteiger partial charge in [-0.05, 0) is 43.9 Å². The summed E-state index contributed by atoms with van der Waals surface area (Å²) >= 11 is 5.88. The number of likely N-dealkylation sites (tertiary alicyclic amines) is 1. The van der Waals surface area contributed by atoms with Gasteiger partial charge < -0.3 is 15.3 Å². The number of anilines is 1. The maximum atomic E-state index is 12.4. The molecule has 2 atom stereocenters. The molecule has 2 amide bonds. The van der Waals surface area contributed by atoms with Crippen molar-refractivity contribution in [2.75, 3.05) is 11.9 Å². The first kappa shape index (κ1) is 15.6. The number of hydrogen-bond donors (Lipinski definition) is 2. The minimum Gasteiger partial charge on any atom is -0.478 e. The van der Waals surface area contributed by atoms with Crippen LogP contribution in [0.25, 0.3) is 0 Å². The molecular weight excluding hydrogens is 292 g/mol. The van der Waals surface area contributed by atoms with Crippen LogP contribution in [0.1, 0.15) is 37.0 Å². The lowest BCUT2D eigenvalue weighted by Crippen LogP contribution is -2.47. The fraction of sp³-hybridized carbons (Fsp3) is 0.467. The number of benzene rings is 1. The monoisotopic (exact) mass is 310 g/mol. The molecule has 5 nitrogen and oxygen atoms in total. The van der Waals surface area contributed by atoms with E-state index in [0.29, 0.717) is 17.5 Å². The number of carboxylic acids is 1. The third-order valence-corrected chi connectivity index (χ3v) is 4.07. The third-order valence-electron chi connectivity index (χ3n) is 3.83. The van der Waals surface area contributed by atoms with Gasteiger partial charge in [-0.3, -0.25) is 0 Å². The Morgan fingerprint density at radius 3 is 2.71 bits per heavy atom. The van der Waals surface area contributed by atoms with E-state index in [1.807, 2.05) is 6.92 Å². The summed E-state index contributed by atoms with van der Waals surface area (Å²) in [6.45, 7) is 4.78. The topological polar surface area (TPSA) is 69.6 Å². The highest BCUT2D eigenvalue weighted by molar-refractivity contribution is 6.31. The van der Waals surface area contributed by atoms with Gasteiger partial charge in [0.1, 0.15) is 0 Å². The van der Waals surface area contributed by atoms with Crippen LogP contribution < -0.4 is 5.32 Å². The molecule has 2 rings (SSSR count). The minimum atomic E-state index is -1.10.